The van der Waals surface area contributed by atoms with Crippen LogP contribution < -0.4 is 9.46 Å². The van der Waals surface area contributed by atoms with Gasteiger partial charge in [0.1, 0.15) is 21.3 Å². The molecule has 9 nitrogen and oxygen atoms in total. The lowest BCUT2D eigenvalue weighted by molar-refractivity contribution is 0.0773. The number of nitrogens with zero attached hydrogens (tertiary/aromatic N) is 3. The Balaban J connectivity index is 1.75. The molecule has 1 aromatic carbocycles. The number of methoxy groups -OCH3 is 1. The molecule has 0 atom stereocenters. The molecule has 3 aromatic rings. The predicted octanol–water partition coefficient (Wildman–Crippen LogP) is 2.58. The summed E-state index contributed by atoms with van der Waals surface area (Å²) in [6.07, 6.45) is 1.95. The van der Waals surface area contributed by atoms with Gasteiger partial charge in [0.05, 0.1) is 24.6 Å². The molecule has 0 bridgehead atoms. The number of benzene rings is 1. The van der Waals surface area contributed by atoms with Crippen LogP contribution in [0.25, 0.3) is 16.2 Å². The van der Waals surface area contributed by atoms with Gasteiger partial charge in [-0.2, -0.15) is 5.10 Å². The summed E-state index contributed by atoms with van der Waals surface area (Å²) in [6, 6.07) is 4.73. The van der Waals surface area contributed by atoms with Crippen LogP contribution in [-0.2, 0) is 15.6 Å². The zero-order chi connectivity index (χ0) is 23.3. The highest BCUT2D eigenvalue weighted by Gasteiger charge is 2.29. The number of imidazole rings is 1. The van der Waals surface area contributed by atoms with Crippen molar-refractivity contribution in [1.82, 2.24) is 19.3 Å². The minimum Gasteiger partial charge on any atom is -0.495 e. The molecule has 2 heterocycles. The van der Waals surface area contributed by atoms with Crippen molar-refractivity contribution in [3.8, 4) is 17.0 Å². The first-order chi connectivity index (χ1) is 15.0. The highest BCUT2D eigenvalue weighted by molar-refractivity contribution is 7.89. The largest absolute Gasteiger partial charge is 0.495 e. The Hall–Kier alpha value is -2.05. The number of aliphatic hydroxyl groups excluding tert-OH is 1. The third kappa shape index (κ3) is 4.40. The molecule has 3 N–H and O–H groups in total. The van der Waals surface area contributed by atoms with Gasteiger partial charge in [-0.1, -0.05) is 11.3 Å². The average molecular weight is 481 g/mol. The highest BCUT2D eigenvalue weighted by Crippen LogP contribution is 2.35. The summed E-state index contributed by atoms with van der Waals surface area (Å²) in [6.45, 7) is 5.15. The van der Waals surface area contributed by atoms with Gasteiger partial charge in [0.25, 0.3) is 0 Å². The van der Waals surface area contributed by atoms with E-state index in [0.717, 1.165) is 0 Å². The molecule has 2 aromatic heterocycles. The van der Waals surface area contributed by atoms with Gasteiger partial charge in [0.15, 0.2) is 0 Å². The number of hydrogen-bond donors (Lipinski definition) is 3. The van der Waals surface area contributed by atoms with E-state index in [1.807, 2.05) is 6.92 Å². The smallest absolute Gasteiger partial charge is 0.244 e. The van der Waals surface area contributed by atoms with E-state index in [-0.39, 0.29) is 22.8 Å². The quantitative estimate of drug-likeness (QED) is 0.495. The number of aryl methyl sites for hydroxylation is 1. The van der Waals surface area contributed by atoms with E-state index in [1.165, 1.54) is 18.4 Å². The Morgan fingerprint density at radius 2 is 1.94 bits per heavy atom. The zero-order valence-corrected chi connectivity index (χ0v) is 20.1. The van der Waals surface area contributed by atoms with Gasteiger partial charge in [-0.15, -0.1) is 0 Å². The number of aromatic nitrogens is 3. The maximum Gasteiger partial charge on any atom is 0.244 e. The Bertz CT molecular complexity index is 1240. The van der Waals surface area contributed by atoms with Crippen LogP contribution in [0, 0.1) is 6.92 Å². The minimum atomic E-state index is -3.86. The van der Waals surface area contributed by atoms with Crippen molar-refractivity contribution >= 4 is 26.3 Å². The summed E-state index contributed by atoms with van der Waals surface area (Å²) < 4.78 is 36.2. The van der Waals surface area contributed by atoms with Crippen LogP contribution in [0.3, 0.4) is 0 Å². The second-order valence-electron chi connectivity index (χ2n) is 8.70. The molecule has 0 unspecified atom stereocenters. The van der Waals surface area contributed by atoms with E-state index in [1.54, 1.807) is 36.6 Å². The van der Waals surface area contributed by atoms with Crippen LogP contribution >= 0.6 is 11.3 Å². The van der Waals surface area contributed by atoms with Gasteiger partial charge in [0.2, 0.25) is 15.0 Å². The SMILES string of the molecule is COc1ccc(-c2c(C)nc3sc(C(C)(C)O)nn23)cc1S(=O)(=O)N[C@H]1CC[C@@H](O)CC1. The summed E-state index contributed by atoms with van der Waals surface area (Å²) in [4.78, 5) is 5.20. The first-order valence-electron chi connectivity index (χ1n) is 10.5. The normalized spacial score (nSPS) is 20.1. The summed E-state index contributed by atoms with van der Waals surface area (Å²) in [5.41, 5.74) is 0.880. The molecule has 1 aliphatic rings. The number of nitrogens with one attached hydrogen (secondary N) is 1. The van der Waals surface area contributed by atoms with Gasteiger partial charge >= 0.3 is 0 Å². The first-order valence-corrected chi connectivity index (χ1v) is 12.8. The number of rotatable bonds is 6. The van der Waals surface area contributed by atoms with Gasteiger partial charge in [-0.25, -0.2) is 22.6 Å². The molecule has 174 valence electrons. The molecule has 0 radical (unpaired) electrons. The maximum absolute atomic E-state index is 13.2. The minimum absolute atomic E-state index is 0.0379. The van der Waals surface area contributed by atoms with Crippen LogP contribution in [0.2, 0.25) is 0 Å². The fraction of sp³-hybridized carbons (Fsp3) is 0.524. The van der Waals surface area contributed by atoms with Crippen molar-refractivity contribution in [2.24, 2.45) is 0 Å². The fourth-order valence-corrected chi connectivity index (χ4v) is 6.38. The Morgan fingerprint density at radius 1 is 1.25 bits per heavy atom. The summed E-state index contributed by atoms with van der Waals surface area (Å²) in [5.74, 6) is 0.242. The second-order valence-corrected chi connectivity index (χ2v) is 11.3. The number of fused-ring (bicyclic) bond motifs is 1. The van der Waals surface area contributed by atoms with E-state index in [9.17, 15) is 18.6 Å². The number of sulfonamides is 1. The summed E-state index contributed by atoms with van der Waals surface area (Å²) in [5, 5.41) is 25.1. The number of ether oxygens (including phenoxy) is 1. The van der Waals surface area contributed by atoms with Crippen LogP contribution in [0.15, 0.2) is 23.1 Å². The van der Waals surface area contributed by atoms with Gasteiger partial charge in [0, 0.05) is 11.6 Å². The molecule has 1 saturated carbocycles. The van der Waals surface area contributed by atoms with Crippen molar-refractivity contribution in [3.05, 3.63) is 28.9 Å². The zero-order valence-electron chi connectivity index (χ0n) is 18.5. The van der Waals surface area contributed by atoms with Gasteiger partial charge in [-0.3, -0.25) is 0 Å². The lowest BCUT2D eigenvalue weighted by Crippen LogP contribution is -2.38. The molecule has 0 spiro atoms. The van der Waals surface area contributed by atoms with Crippen molar-refractivity contribution in [2.75, 3.05) is 7.11 Å². The topological polar surface area (TPSA) is 126 Å². The van der Waals surface area contributed by atoms with Crippen molar-refractivity contribution in [2.45, 2.75) is 69.1 Å². The van der Waals surface area contributed by atoms with Crippen LogP contribution in [0.5, 0.6) is 5.75 Å². The fourth-order valence-electron chi connectivity index (χ4n) is 3.94. The number of aliphatic hydroxyl groups is 2. The highest BCUT2D eigenvalue weighted by atomic mass is 32.2. The lowest BCUT2D eigenvalue weighted by atomic mass is 9.94. The Kier molecular flexibility index (Phi) is 6.05. The van der Waals surface area contributed by atoms with Crippen molar-refractivity contribution < 1.29 is 23.4 Å². The molecule has 32 heavy (non-hydrogen) atoms. The molecule has 0 amide bonds. The first kappa shape index (κ1) is 23.1. The molecule has 0 aliphatic heterocycles. The van der Waals surface area contributed by atoms with E-state index >= 15 is 0 Å². The van der Waals surface area contributed by atoms with Crippen LogP contribution in [0.1, 0.15) is 50.2 Å². The molecule has 1 fully saturated rings. The lowest BCUT2D eigenvalue weighted by Gasteiger charge is -2.26. The van der Waals surface area contributed by atoms with Gasteiger partial charge in [-0.05, 0) is 64.7 Å². The standard InChI is InChI=1S/C21H28N4O5S2/c1-12-18(25-20(22-12)31-19(23-25)21(2,3)27)13-5-10-16(30-4)17(11-13)32(28,29)24-14-6-8-15(26)9-7-14/h5,10-11,14-15,24,26-27H,6-9H2,1-4H3/t14-,15+. The molecular weight excluding hydrogens is 452 g/mol. The van der Waals surface area contributed by atoms with Crippen LogP contribution in [0.4, 0.5) is 0 Å². The second kappa shape index (κ2) is 8.38. The van der Waals surface area contributed by atoms with Crippen LogP contribution in [-0.4, -0.2) is 52.5 Å². The molecule has 11 heteroatoms. The Labute approximate surface area is 191 Å². The summed E-state index contributed by atoms with van der Waals surface area (Å²) >= 11 is 1.29. The third-order valence-corrected chi connectivity index (χ3v) is 8.41. The van der Waals surface area contributed by atoms with E-state index < -0.39 is 15.6 Å². The van der Waals surface area contributed by atoms with E-state index in [0.29, 0.717) is 52.6 Å². The average Bonchev–Trinajstić information content (AvgIpc) is 3.26. The van der Waals surface area contributed by atoms with Gasteiger partial charge < -0.3 is 14.9 Å². The number of hydrogen-bond acceptors (Lipinski definition) is 8. The monoisotopic (exact) mass is 480 g/mol. The molecule has 1 aliphatic carbocycles. The summed E-state index contributed by atoms with van der Waals surface area (Å²) in [7, 11) is -2.43. The molecule has 4 rings (SSSR count). The molecular formula is C21H28N4O5S2. The maximum atomic E-state index is 13.2. The predicted molar refractivity (Wildman–Crippen MR) is 121 cm³/mol. The van der Waals surface area contributed by atoms with Crippen molar-refractivity contribution in [3.63, 3.8) is 0 Å². The van der Waals surface area contributed by atoms with E-state index in [2.05, 4.69) is 14.8 Å². The van der Waals surface area contributed by atoms with Crippen molar-refractivity contribution in [1.29, 1.82) is 0 Å². The van der Waals surface area contributed by atoms with E-state index in [4.69, 9.17) is 4.74 Å². The Morgan fingerprint density at radius 3 is 2.56 bits per heavy atom. The third-order valence-electron chi connectivity index (χ3n) is 5.65. The molecule has 0 saturated heterocycles.